The van der Waals surface area contributed by atoms with E-state index in [1.54, 1.807) is 19.1 Å². The van der Waals surface area contributed by atoms with Crippen LogP contribution in [0, 0.1) is 11.8 Å². The maximum Gasteiger partial charge on any atom is 0.271 e. The molecule has 1 saturated heterocycles. The number of fused-ring (bicyclic) bond motifs is 3. The van der Waals surface area contributed by atoms with Crippen LogP contribution in [0.25, 0.3) is 10.9 Å². The van der Waals surface area contributed by atoms with Gasteiger partial charge in [0.25, 0.3) is 5.91 Å². The van der Waals surface area contributed by atoms with Crippen LogP contribution in [-0.4, -0.2) is 72.1 Å². The molecule has 0 radical (unpaired) electrons. The molecule has 8 heteroatoms. The fraction of sp³-hybridized carbons (Fsp3) is 0.500. The molecule has 0 aliphatic carbocycles. The molecule has 0 bridgehead atoms. The number of aromatic nitrogens is 1. The van der Waals surface area contributed by atoms with Crippen LogP contribution in [0.2, 0.25) is 0 Å². The van der Waals surface area contributed by atoms with E-state index in [1.165, 1.54) is 6.42 Å². The Bertz CT molecular complexity index is 1370. The predicted octanol–water partition coefficient (Wildman–Crippen LogP) is 4.56. The predicted molar refractivity (Wildman–Crippen MR) is 157 cm³/mol. The lowest BCUT2D eigenvalue weighted by Crippen LogP contribution is -2.63. The average molecular weight is 547 g/mol. The minimum absolute atomic E-state index is 0.147. The largest absolute Gasteiger partial charge is 0.493 e. The van der Waals surface area contributed by atoms with Crippen molar-refractivity contribution in [2.75, 3.05) is 40.4 Å². The van der Waals surface area contributed by atoms with Crippen molar-refractivity contribution in [3.63, 3.8) is 0 Å². The smallest absolute Gasteiger partial charge is 0.271 e. The van der Waals surface area contributed by atoms with E-state index in [0.29, 0.717) is 42.1 Å². The molecule has 3 atom stereocenters. The summed E-state index contributed by atoms with van der Waals surface area (Å²) in [5.41, 5.74) is 1.22. The summed E-state index contributed by atoms with van der Waals surface area (Å²) in [4.78, 5) is 32.3. The van der Waals surface area contributed by atoms with Gasteiger partial charge in [-0.25, -0.2) is 0 Å². The Hall–Kier alpha value is -3.52. The summed E-state index contributed by atoms with van der Waals surface area (Å²) in [7, 11) is 3.18. The zero-order valence-corrected chi connectivity index (χ0v) is 24.4. The summed E-state index contributed by atoms with van der Waals surface area (Å²) in [6, 6.07) is 15.5. The Labute approximate surface area is 237 Å². The van der Waals surface area contributed by atoms with Gasteiger partial charge in [-0.15, -0.1) is 0 Å². The number of likely N-dealkylation sites (tertiary alicyclic amines) is 1. The number of hydrogen-bond acceptors (Lipinski definition) is 5. The summed E-state index contributed by atoms with van der Waals surface area (Å²) in [5.74, 6) is 2.24. The van der Waals surface area contributed by atoms with Gasteiger partial charge in [0.1, 0.15) is 11.2 Å². The van der Waals surface area contributed by atoms with Gasteiger partial charge in [0, 0.05) is 36.1 Å². The lowest BCUT2D eigenvalue weighted by atomic mass is 9.92. The van der Waals surface area contributed by atoms with Crippen molar-refractivity contribution in [3.05, 3.63) is 59.8 Å². The molecule has 2 amide bonds. The second-order valence-electron chi connectivity index (χ2n) is 11.8. The fourth-order valence-electron chi connectivity index (χ4n) is 6.67. The molecule has 5 rings (SSSR count). The number of amides is 2. The second kappa shape index (κ2) is 11.5. The van der Waals surface area contributed by atoms with Crippen LogP contribution in [0.5, 0.6) is 11.5 Å². The summed E-state index contributed by atoms with van der Waals surface area (Å²) in [6.07, 6.45) is 2.15. The monoisotopic (exact) mass is 546 g/mol. The minimum atomic E-state index is -1.10. The highest BCUT2D eigenvalue weighted by atomic mass is 16.5. The SMILES string of the molecule is COc1cccc(CN2C(=O)c3cc4ccccc4n3C[C@]2(C)C(=O)NCCCN2C[C@H](C)C[C@@H](C)C2)c1OC. The van der Waals surface area contributed by atoms with Crippen molar-refractivity contribution in [2.45, 2.75) is 52.2 Å². The molecular formula is C32H42N4O4. The van der Waals surface area contributed by atoms with Crippen LogP contribution < -0.4 is 14.8 Å². The van der Waals surface area contributed by atoms with Gasteiger partial charge < -0.3 is 29.2 Å². The highest BCUT2D eigenvalue weighted by molar-refractivity contribution is 6.03. The van der Waals surface area contributed by atoms with Gasteiger partial charge in [0.05, 0.1) is 27.3 Å². The summed E-state index contributed by atoms with van der Waals surface area (Å²) in [5, 5.41) is 4.17. The Morgan fingerprint density at radius 2 is 1.80 bits per heavy atom. The highest BCUT2D eigenvalue weighted by Crippen LogP contribution is 2.37. The molecule has 2 aliphatic heterocycles. The van der Waals surface area contributed by atoms with Crippen molar-refractivity contribution in [1.29, 1.82) is 0 Å². The fourth-order valence-corrected chi connectivity index (χ4v) is 6.67. The third-order valence-electron chi connectivity index (χ3n) is 8.52. The van der Waals surface area contributed by atoms with Gasteiger partial charge in [0.15, 0.2) is 11.5 Å². The number of methoxy groups -OCH3 is 2. The quantitative estimate of drug-likeness (QED) is 0.399. The van der Waals surface area contributed by atoms with Crippen molar-refractivity contribution >= 4 is 22.7 Å². The number of rotatable bonds is 9. The normalized spacial score (nSPS) is 23.2. The minimum Gasteiger partial charge on any atom is -0.493 e. The number of carbonyl (C=O) groups excluding carboxylic acids is 2. The van der Waals surface area contributed by atoms with Crippen LogP contribution in [0.15, 0.2) is 48.5 Å². The molecule has 2 aliphatic rings. The molecule has 1 N–H and O–H groups in total. The number of nitrogens with one attached hydrogen (secondary N) is 1. The average Bonchev–Trinajstić information content (AvgIpc) is 3.30. The second-order valence-corrected chi connectivity index (χ2v) is 11.8. The van der Waals surface area contributed by atoms with E-state index >= 15 is 0 Å². The van der Waals surface area contributed by atoms with Crippen molar-refractivity contribution in [3.8, 4) is 11.5 Å². The van der Waals surface area contributed by atoms with Crippen LogP contribution in [0.4, 0.5) is 0 Å². The molecule has 214 valence electrons. The molecule has 3 aromatic rings. The van der Waals surface area contributed by atoms with Crippen LogP contribution in [0.1, 0.15) is 49.7 Å². The molecule has 8 nitrogen and oxygen atoms in total. The maximum atomic E-state index is 14.1. The van der Waals surface area contributed by atoms with Crippen LogP contribution >= 0.6 is 0 Å². The van der Waals surface area contributed by atoms with E-state index < -0.39 is 5.54 Å². The third-order valence-corrected chi connectivity index (χ3v) is 8.52. The number of piperidine rings is 1. The standard InChI is InChI=1S/C32H42N4O4/c1-22-16-23(2)19-34(18-22)15-9-14-33-31(38)32(3)21-35-26-12-7-6-10-24(26)17-27(35)30(37)36(32)20-25-11-8-13-28(39-4)29(25)40-5/h6-8,10-13,17,22-23H,9,14-16,18-21H2,1-5H3,(H,33,38)/t22-,23-,32-/m1/s1. The first-order valence-electron chi connectivity index (χ1n) is 14.4. The number of para-hydroxylation sites is 2. The Morgan fingerprint density at radius 1 is 1.05 bits per heavy atom. The summed E-state index contributed by atoms with van der Waals surface area (Å²) >= 11 is 0. The Kier molecular flexibility index (Phi) is 8.08. The van der Waals surface area contributed by atoms with Crippen molar-refractivity contribution in [2.24, 2.45) is 11.8 Å². The lowest BCUT2D eigenvalue weighted by Gasteiger charge is -2.44. The molecule has 1 aromatic heterocycles. The Balaban J connectivity index is 1.40. The zero-order valence-electron chi connectivity index (χ0n) is 24.4. The van der Waals surface area contributed by atoms with Gasteiger partial charge in [-0.1, -0.05) is 44.2 Å². The van der Waals surface area contributed by atoms with E-state index in [2.05, 4.69) is 24.1 Å². The Morgan fingerprint density at radius 3 is 2.52 bits per heavy atom. The first kappa shape index (κ1) is 28.0. The first-order valence-corrected chi connectivity index (χ1v) is 14.4. The van der Waals surface area contributed by atoms with Gasteiger partial charge in [-0.2, -0.15) is 0 Å². The molecule has 0 unspecified atom stereocenters. The topological polar surface area (TPSA) is 76.0 Å². The lowest BCUT2D eigenvalue weighted by molar-refractivity contribution is -0.133. The van der Waals surface area contributed by atoms with Gasteiger partial charge in [-0.3, -0.25) is 9.59 Å². The number of nitrogens with zero attached hydrogens (tertiary/aromatic N) is 3. The maximum absolute atomic E-state index is 14.1. The molecule has 0 saturated carbocycles. The highest BCUT2D eigenvalue weighted by Gasteiger charge is 2.48. The molecular weight excluding hydrogens is 504 g/mol. The van der Waals surface area contributed by atoms with E-state index in [0.717, 1.165) is 42.5 Å². The van der Waals surface area contributed by atoms with Gasteiger partial charge in [0.2, 0.25) is 5.91 Å². The van der Waals surface area contributed by atoms with E-state index in [4.69, 9.17) is 9.47 Å². The molecule has 1 fully saturated rings. The number of hydrogen-bond donors (Lipinski definition) is 1. The summed E-state index contributed by atoms with van der Waals surface area (Å²) < 4.78 is 13.2. The molecule has 0 spiro atoms. The van der Waals surface area contributed by atoms with E-state index in [-0.39, 0.29) is 18.4 Å². The van der Waals surface area contributed by atoms with Crippen LogP contribution in [-0.2, 0) is 17.9 Å². The van der Waals surface area contributed by atoms with E-state index in [9.17, 15) is 9.59 Å². The van der Waals surface area contributed by atoms with Crippen LogP contribution in [0.3, 0.4) is 0 Å². The molecule has 2 aromatic carbocycles. The molecule has 3 heterocycles. The van der Waals surface area contributed by atoms with Gasteiger partial charge in [-0.05, 0) is 56.3 Å². The van der Waals surface area contributed by atoms with Crippen molar-refractivity contribution < 1.29 is 19.1 Å². The zero-order chi connectivity index (χ0) is 28.4. The molecule has 40 heavy (non-hydrogen) atoms. The van der Waals surface area contributed by atoms with Gasteiger partial charge >= 0.3 is 0 Å². The van der Waals surface area contributed by atoms with E-state index in [1.807, 2.05) is 60.0 Å². The third kappa shape index (κ3) is 5.29. The number of carbonyl (C=O) groups is 2. The van der Waals surface area contributed by atoms with Crippen molar-refractivity contribution in [1.82, 2.24) is 19.7 Å². The number of ether oxygens (including phenoxy) is 2. The first-order chi connectivity index (χ1) is 19.2. The summed E-state index contributed by atoms with van der Waals surface area (Å²) in [6.45, 7) is 10.8. The number of benzene rings is 2.